The van der Waals surface area contributed by atoms with Gasteiger partial charge in [0.2, 0.25) is 4.96 Å². The molecule has 0 saturated heterocycles. The summed E-state index contributed by atoms with van der Waals surface area (Å²) >= 11 is 1.47. The van der Waals surface area contributed by atoms with Gasteiger partial charge in [-0.2, -0.15) is 0 Å². The van der Waals surface area contributed by atoms with Crippen molar-refractivity contribution in [1.82, 2.24) is 14.6 Å². The number of nitrogens with zero attached hydrogens (tertiary/aromatic N) is 3. The van der Waals surface area contributed by atoms with Crippen molar-refractivity contribution >= 4 is 16.3 Å². The number of thiazole rings is 1. The van der Waals surface area contributed by atoms with Crippen LogP contribution in [-0.4, -0.2) is 14.6 Å². The van der Waals surface area contributed by atoms with E-state index >= 15 is 0 Å². The molecular formula is C11H9FN4S. The summed E-state index contributed by atoms with van der Waals surface area (Å²) in [6.45, 7) is 0.403. The fourth-order valence-electron chi connectivity index (χ4n) is 1.73. The summed E-state index contributed by atoms with van der Waals surface area (Å²) in [6, 6.07) is 6.30. The summed E-state index contributed by atoms with van der Waals surface area (Å²) in [5, 5.41) is 10.1. The monoisotopic (exact) mass is 248 g/mol. The molecule has 6 heteroatoms. The Morgan fingerprint density at radius 2 is 2.24 bits per heavy atom. The zero-order valence-corrected chi connectivity index (χ0v) is 9.62. The summed E-state index contributed by atoms with van der Waals surface area (Å²) < 4.78 is 15.0. The molecule has 0 aliphatic carbocycles. The Bertz CT molecular complexity index is 673. The summed E-state index contributed by atoms with van der Waals surface area (Å²) in [4.78, 5) is 0.768. The smallest absolute Gasteiger partial charge is 0.216 e. The number of halogens is 1. The van der Waals surface area contributed by atoms with Gasteiger partial charge in [0.05, 0.1) is 5.69 Å². The maximum atomic E-state index is 13.2. The Hall–Kier alpha value is -1.79. The molecule has 0 bridgehead atoms. The quantitative estimate of drug-likeness (QED) is 0.755. The standard InChI is InChI=1S/C11H9FN4S/c12-8-3-1-2-7(4-8)10-14-15-11-16(10)9(5-13)6-17-11/h1-4,6H,5,13H2. The molecular weight excluding hydrogens is 239 g/mol. The van der Waals surface area contributed by atoms with Gasteiger partial charge in [-0.3, -0.25) is 4.40 Å². The van der Waals surface area contributed by atoms with Crippen LogP contribution in [0, 0.1) is 5.82 Å². The van der Waals surface area contributed by atoms with E-state index in [-0.39, 0.29) is 5.82 Å². The lowest BCUT2D eigenvalue weighted by Crippen LogP contribution is -2.01. The minimum Gasteiger partial charge on any atom is -0.325 e. The van der Waals surface area contributed by atoms with E-state index in [1.807, 2.05) is 9.78 Å². The zero-order chi connectivity index (χ0) is 11.8. The lowest BCUT2D eigenvalue weighted by Gasteiger charge is -2.00. The third kappa shape index (κ3) is 1.62. The second-order valence-electron chi connectivity index (χ2n) is 3.58. The molecule has 0 saturated carbocycles. The highest BCUT2D eigenvalue weighted by Gasteiger charge is 2.12. The zero-order valence-electron chi connectivity index (χ0n) is 8.80. The van der Waals surface area contributed by atoms with Crippen molar-refractivity contribution in [1.29, 1.82) is 0 Å². The topological polar surface area (TPSA) is 56.2 Å². The van der Waals surface area contributed by atoms with Crippen molar-refractivity contribution in [2.45, 2.75) is 6.54 Å². The number of hydrogen-bond donors (Lipinski definition) is 1. The molecule has 17 heavy (non-hydrogen) atoms. The first-order chi connectivity index (χ1) is 8.29. The van der Waals surface area contributed by atoms with Gasteiger partial charge in [-0.1, -0.05) is 12.1 Å². The van der Waals surface area contributed by atoms with Crippen molar-refractivity contribution in [2.75, 3.05) is 0 Å². The Labute approximate surface area is 101 Å². The SMILES string of the molecule is NCc1csc2nnc(-c3cccc(F)c3)n12. The van der Waals surface area contributed by atoms with Crippen LogP contribution >= 0.6 is 11.3 Å². The second kappa shape index (κ2) is 3.90. The van der Waals surface area contributed by atoms with Crippen molar-refractivity contribution in [3.8, 4) is 11.4 Å². The van der Waals surface area contributed by atoms with Gasteiger partial charge in [-0.25, -0.2) is 4.39 Å². The summed E-state index contributed by atoms with van der Waals surface area (Å²) in [5.74, 6) is 0.338. The van der Waals surface area contributed by atoms with Crippen LogP contribution in [0.4, 0.5) is 4.39 Å². The molecule has 2 heterocycles. The highest BCUT2D eigenvalue weighted by molar-refractivity contribution is 7.15. The van der Waals surface area contributed by atoms with E-state index in [4.69, 9.17) is 5.73 Å². The average molecular weight is 248 g/mol. The molecule has 0 atom stereocenters. The minimum absolute atomic E-state index is 0.288. The number of aromatic nitrogens is 3. The molecule has 3 aromatic rings. The van der Waals surface area contributed by atoms with Crippen LogP contribution < -0.4 is 5.73 Å². The first-order valence-corrected chi connectivity index (χ1v) is 5.95. The summed E-state index contributed by atoms with van der Waals surface area (Å²) in [5.41, 5.74) is 7.28. The van der Waals surface area contributed by atoms with Gasteiger partial charge in [0.1, 0.15) is 5.82 Å². The molecule has 2 aromatic heterocycles. The molecule has 0 spiro atoms. The van der Waals surface area contributed by atoms with Gasteiger partial charge in [0.25, 0.3) is 0 Å². The predicted molar refractivity (Wildman–Crippen MR) is 64.1 cm³/mol. The van der Waals surface area contributed by atoms with Gasteiger partial charge in [-0.15, -0.1) is 21.5 Å². The van der Waals surface area contributed by atoms with Crippen molar-refractivity contribution in [3.05, 3.63) is 41.2 Å². The third-order valence-electron chi connectivity index (χ3n) is 2.51. The maximum absolute atomic E-state index is 13.2. The third-order valence-corrected chi connectivity index (χ3v) is 3.38. The number of fused-ring (bicyclic) bond motifs is 1. The highest BCUT2D eigenvalue weighted by Crippen LogP contribution is 2.23. The fraction of sp³-hybridized carbons (Fsp3) is 0.0909. The Balaban J connectivity index is 2.26. The van der Waals surface area contributed by atoms with Gasteiger partial charge in [-0.05, 0) is 12.1 Å². The molecule has 0 amide bonds. The average Bonchev–Trinajstić information content (AvgIpc) is 2.89. The summed E-state index contributed by atoms with van der Waals surface area (Å²) in [7, 11) is 0. The van der Waals surface area contributed by atoms with E-state index in [1.54, 1.807) is 12.1 Å². The van der Waals surface area contributed by atoms with Gasteiger partial charge in [0.15, 0.2) is 5.82 Å². The summed E-state index contributed by atoms with van der Waals surface area (Å²) in [6.07, 6.45) is 0. The molecule has 2 N–H and O–H groups in total. The first kappa shape index (κ1) is 10.4. The molecule has 0 radical (unpaired) electrons. The van der Waals surface area contributed by atoms with Crippen LogP contribution in [0.5, 0.6) is 0 Å². The van der Waals surface area contributed by atoms with Crippen LogP contribution in [0.25, 0.3) is 16.3 Å². The molecule has 4 nitrogen and oxygen atoms in total. The lowest BCUT2D eigenvalue weighted by atomic mass is 10.2. The maximum Gasteiger partial charge on any atom is 0.216 e. The number of hydrogen-bond acceptors (Lipinski definition) is 4. The molecule has 1 aromatic carbocycles. The minimum atomic E-state index is -0.288. The molecule has 0 fully saturated rings. The first-order valence-electron chi connectivity index (χ1n) is 5.07. The second-order valence-corrected chi connectivity index (χ2v) is 4.42. The van der Waals surface area contributed by atoms with Crippen LogP contribution in [0.2, 0.25) is 0 Å². The van der Waals surface area contributed by atoms with Gasteiger partial charge >= 0.3 is 0 Å². The Morgan fingerprint density at radius 1 is 1.35 bits per heavy atom. The fourth-order valence-corrected chi connectivity index (χ4v) is 2.57. The predicted octanol–water partition coefficient (Wildman–Crippen LogP) is 2.06. The highest BCUT2D eigenvalue weighted by atomic mass is 32.1. The normalized spacial score (nSPS) is 11.2. The van der Waals surface area contributed by atoms with Crippen LogP contribution in [0.3, 0.4) is 0 Å². The largest absolute Gasteiger partial charge is 0.325 e. The number of nitrogens with two attached hydrogens (primary N) is 1. The van der Waals surface area contributed by atoms with Crippen molar-refractivity contribution < 1.29 is 4.39 Å². The van der Waals surface area contributed by atoms with Crippen molar-refractivity contribution in [3.63, 3.8) is 0 Å². The number of rotatable bonds is 2. The molecule has 0 aliphatic heterocycles. The molecule has 3 rings (SSSR count). The van der Waals surface area contributed by atoms with Crippen LogP contribution in [0.15, 0.2) is 29.6 Å². The van der Waals surface area contributed by atoms with Crippen molar-refractivity contribution in [2.24, 2.45) is 5.73 Å². The van der Waals surface area contributed by atoms with Crippen LogP contribution in [-0.2, 0) is 6.54 Å². The Kier molecular flexibility index (Phi) is 2.38. The van der Waals surface area contributed by atoms with Gasteiger partial charge in [0, 0.05) is 17.5 Å². The number of benzene rings is 1. The van der Waals surface area contributed by atoms with E-state index in [9.17, 15) is 4.39 Å². The van der Waals surface area contributed by atoms with E-state index < -0.39 is 0 Å². The van der Waals surface area contributed by atoms with E-state index in [0.29, 0.717) is 17.9 Å². The Morgan fingerprint density at radius 3 is 3.00 bits per heavy atom. The van der Waals surface area contributed by atoms with Gasteiger partial charge < -0.3 is 5.73 Å². The lowest BCUT2D eigenvalue weighted by molar-refractivity contribution is 0.628. The molecule has 0 aliphatic rings. The molecule has 0 unspecified atom stereocenters. The van der Waals surface area contributed by atoms with E-state index in [1.165, 1.54) is 23.5 Å². The van der Waals surface area contributed by atoms with E-state index in [0.717, 1.165) is 10.7 Å². The van der Waals surface area contributed by atoms with Crippen LogP contribution in [0.1, 0.15) is 5.69 Å². The van der Waals surface area contributed by atoms with E-state index in [2.05, 4.69) is 10.2 Å². The molecule has 86 valence electrons.